The van der Waals surface area contributed by atoms with Crippen molar-refractivity contribution in [1.82, 2.24) is 14.7 Å². The van der Waals surface area contributed by atoms with E-state index in [-0.39, 0.29) is 18.0 Å². The van der Waals surface area contributed by atoms with E-state index in [9.17, 15) is 9.59 Å². The van der Waals surface area contributed by atoms with Gasteiger partial charge in [-0.3, -0.25) is 9.59 Å². The summed E-state index contributed by atoms with van der Waals surface area (Å²) in [5, 5.41) is 7.39. The van der Waals surface area contributed by atoms with Gasteiger partial charge in [-0.1, -0.05) is 66.2 Å². The van der Waals surface area contributed by atoms with Crippen LogP contribution in [-0.2, 0) is 11.3 Å². The lowest BCUT2D eigenvalue weighted by Crippen LogP contribution is -2.50. The molecule has 7 heteroatoms. The molecule has 1 aliphatic heterocycles. The monoisotopic (exact) mass is 458 g/mol. The van der Waals surface area contributed by atoms with E-state index in [1.54, 1.807) is 11.0 Å². The summed E-state index contributed by atoms with van der Waals surface area (Å²) >= 11 is 6.31. The lowest BCUT2D eigenvalue weighted by Gasteiger charge is -2.36. The van der Waals surface area contributed by atoms with Gasteiger partial charge in [0.05, 0.1) is 16.4 Å². The summed E-state index contributed by atoms with van der Waals surface area (Å²) in [4.78, 5) is 29.4. The van der Waals surface area contributed by atoms with E-state index in [2.05, 4.69) is 10.00 Å². The molecule has 0 saturated carbocycles. The molecule has 0 N–H and O–H groups in total. The van der Waals surface area contributed by atoms with Crippen LogP contribution in [0.3, 0.4) is 0 Å². The van der Waals surface area contributed by atoms with Crippen LogP contribution in [0, 0.1) is 0 Å². The Morgan fingerprint density at radius 3 is 2.39 bits per heavy atom. The second-order valence-electron chi connectivity index (χ2n) is 8.06. The number of benzene rings is 3. The first-order chi connectivity index (χ1) is 16.1. The van der Waals surface area contributed by atoms with Gasteiger partial charge in [0.2, 0.25) is 5.91 Å². The number of carbonyl (C=O) groups excluding carboxylic acids is 1. The number of anilines is 1. The van der Waals surface area contributed by atoms with Crippen LogP contribution in [0.4, 0.5) is 5.69 Å². The molecule has 6 nitrogen and oxygen atoms in total. The fourth-order valence-electron chi connectivity index (χ4n) is 4.29. The number of amides is 1. The van der Waals surface area contributed by atoms with Crippen molar-refractivity contribution in [2.45, 2.75) is 6.54 Å². The molecule has 2 heterocycles. The van der Waals surface area contributed by atoms with E-state index >= 15 is 0 Å². The van der Waals surface area contributed by atoms with Crippen molar-refractivity contribution in [3.05, 3.63) is 94.2 Å². The van der Waals surface area contributed by atoms with Crippen LogP contribution in [0.1, 0.15) is 0 Å². The molecule has 5 rings (SSSR count). The van der Waals surface area contributed by atoms with E-state index < -0.39 is 0 Å². The van der Waals surface area contributed by atoms with Gasteiger partial charge in [0.1, 0.15) is 6.54 Å². The first-order valence-corrected chi connectivity index (χ1v) is 11.3. The normalized spacial score (nSPS) is 14.0. The van der Waals surface area contributed by atoms with Crippen LogP contribution < -0.4 is 10.5 Å². The summed E-state index contributed by atoms with van der Waals surface area (Å²) in [5.74, 6) is -0.113. The number of nitrogens with zero attached hydrogens (tertiary/aromatic N) is 4. The third-order valence-corrected chi connectivity index (χ3v) is 6.36. The molecule has 166 valence electrons. The molecule has 0 bridgehead atoms. The Kier molecular flexibility index (Phi) is 5.84. The zero-order valence-electron chi connectivity index (χ0n) is 18.0. The van der Waals surface area contributed by atoms with Crippen LogP contribution in [0.2, 0.25) is 5.02 Å². The van der Waals surface area contributed by atoms with Crippen LogP contribution in [0.25, 0.3) is 22.0 Å². The van der Waals surface area contributed by atoms with Crippen molar-refractivity contribution in [3.8, 4) is 11.3 Å². The zero-order chi connectivity index (χ0) is 22.8. The fourth-order valence-corrected chi connectivity index (χ4v) is 4.54. The van der Waals surface area contributed by atoms with E-state index in [1.165, 1.54) is 10.7 Å². The Morgan fingerprint density at radius 1 is 0.848 bits per heavy atom. The minimum atomic E-state index is -0.290. The Hall–Kier alpha value is -3.64. The third-order valence-electron chi connectivity index (χ3n) is 6.04. The Bertz CT molecular complexity index is 1370. The molecule has 1 aromatic heterocycles. The summed E-state index contributed by atoms with van der Waals surface area (Å²) in [6, 6.07) is 25.0. The average Bonchev–Trinajstić information content (AvgIpc) is 2.85. The summed E-state index contributed by atoms with van der Waals surface area (Å²) in [5.41, 5.74) is 2.29. The number of hydrogen-bond donors (Lipinski definition) is 0. The molecular weight excluding hydrogens is 436 g/mol. The van der Waals surface area contributed by atoms with Crippen molar-refractivity contribution in [2.24, 2.45) is 0 Å². The van der Waals surface area contributed by atoms with Crippen LogP contribution in [0.5, 0.6) is 0 Å². The van der Waals surface area contributed by atoms with Gasteiger partial charge in [0.25, 0.3) is 5.56 Å². The molecule has 3 aromatic carbocycles. The van der Waals surface area contributed by atoms with Crippen LogP contribution in [-0.4, -0.2) is 46.8 Å². The predicted octanol–water partition coefficient (Wildman–Crippen LogP) is 4.07. The van der Waals surface area contributed by atoms with Gasteiger partial charge < -0.3 is 9.80 Å². The number of fused-ring (bicyclic) bond motifs is 1. The van der Waals surface area contributed by atoms with Gasteiger partial charge in [-0.2, -0.15) is 5.10 Å². The highest BCUT2D eigenvalue weighted by Gasteiger charge is 2.23. The van der Waals surface area contributed by atoms with Gasteiger partial charge in [0.15, 0.2) is 0 Å². The fraction of sp³-hybridized carbons (Fsp3) is 0.192. The van der Waals surface area contributed by atoms with E-state index in [0.717, 1.165) is 22.0 Å². The molecule has 33 heavy (non-hydrogen) atoms. The standard InChI is InChI=1S/C26H23ClN4O2/c27-22-10-3-4-11-24(22)29-14-16-30(17-15-29)26(33)18-31-25(32)13-12-23(28-31)21-9-5-7-19-6-1-2-8-20(19)21/h1-13H,14-18H2. The quantitative estimate of drug-likeness (QED) is 0.462. The highest BCUT2D eigenvalue weighted by molar-refractivity contribution is 6.33. The molecule has 1 saturated heterocycles. The topological polar surface area (TPSA) is 58.4 Å². The maximum absolute atomic E-state index is 13.0. The van der Waals surface area contributed by atoms with Gasteiger partial charge >= 0.3 is 0 Å². The number of para-hydroxylation sites is 1. The van der Waals surface area contributed by atoms with Crippen molar-refractivity contribution < 1.29 is 4.79 Å². The maximum Gasteiger partial charge on any atom is 0.267 e. The largest absolute Gasteiger partial charge is 0.367 e. The number of halogens is 1. The lowest BCUT2D eigenvalue weighted by molar-refractivity contribution is -0.132. The number of piperazine rings is 1. The zero-order valence-corrected chi connectivity index (χ0v) is 18.8. The van der Waals surface area contributed by atoms with E-state index in [0.29, 0.717) is 36.9 Å². The number of aromatic nitrogens is 2. The van der Waals surface area contributed by atoms with Gasteiger partial charge in [-0.25, -0.2) is 4.68 Å². The number of carbonyl (C=O) groups is 1. The second kappa shape index (κ2) is 9.08. The molecule has 0 unspecified atom stereocenters. The number of rotatable bonds is 4. The van der Waals surface area contributed by atoms with Crippen molar-refractivity contribution in [1.29, 1.82) is 0 Å². The van der Waals surface area contributed by atoms with Gasteiger partial charge in [0, 0.05) is 37.8 Å². The molecule has 4 aromatic rings. The SMILES string of the molecule is O=C(Cn1nc(-c2cccc3ccccc23)ccc1=O)N1CCN(c2ccccc2Cl)CC1. The lowest BCUT2D eigenvalue weighted by atomic mass is 10.0. The van der Waals surface area contributed by atoms with Crippen molar-refractivity contribution >= 4 is 34.0 Å². The molecule has 0 radical (unpaired) electrons. The third kappa shape index (κ3) is 4.34. The molecule has 1 fully saturated rings. The van der Waals surface area contributed by atoms with Gasteiger partial charge in [-0.05, 0) is 29.0 Å². The predicted molar refractivity (Wildman–Crippen MR) is 132 cm³/mol. The summed E-state index contributed by atoms with van der Waals surface area (Å²) < 4.78 is 1.26. The van der Waals surface area contributed by atoms with Crippen molar-refractivity contribution in [2.75, 3.05) is 31.1 Å². The summed E-state index contributed by atoms with van der Waals surface area (Å²) in [6.45, 7) is 2.44. The highest BCUT2D eigenvalue weighted by atomic mass is 35.5. The van der Waals surface area contributed by atoms with Crippen LogP contribution in [0.15, 0.2) is 83.7 Å². The maximum atomic E-state index is 13.0. The first-order valence-electron chi connectivity index (χ1n) is 10.9. The van der Waals surface area contributed by atoms with Gasteiger partial charge in [-0.15, -0.1) is 0 Å². The molecule has 1 aliphatic rings. The Labute approximate surface area is 196 Å². The minimum absolute atomic E-state index is 0.0798. The first kappa shape index (κ1) is 21.2. The summed E-state index contributed by atoms with van der Waals surface area (Å²) in [7, 11) is 0. The number of hydrogen-bond acceptors (Lipinski definition) is 4. The second-order valence-corrected chi connectivity index (χ2v) is 8.47. The Morgan fingerprint density at radius 2 is 1.58 bits per heavy atom. The molecule has 0 atom stereocenters. The average molecular weight is 459 g/mol. The molecule has 0 spiro atoms. The smallest absolute Gasteiger partial charge is 0.267 e. The van der Waals surface area contributed by atoms with E-state index in [4.69, 9.17) is 11.6 Å². The minimum Gasteiger partial charge on any atom is -0.367 e. The van der Waals surface area contributed by atoms with Crippen molar-refractivity contribution in [3.63, 3.8) is 0 Å². The highest BCUT2D eigenvalue weighted by Crippen LogP contribution is 2.27. The van der Waals surface area contributed by atoms with Crippen LogP contribution >= 0.6 is 11.6 Å². The molecule has 1 amide bonds. The van der Waals surface area contributed by atoms with E-state index in [1.807, 2.05) is 66.7 Å². The molecule has 0 aliphatic carbocycles. The molecular formula is C26H23ClN4O2. The summed E-state index contributed by atoms with van der Waals surface area (Å²) in [6.07, 6.45) is 0. The Balaban J connectivity index is 1.32.